The van der Waals surface area contributed by atoms with Gasteiger partial charge in [-0.15, -0.1) is 0 Å². The first-order valence-electron chi connectivity index (χ1n) is 10.2. The van der Waals surface area contributed by atoms with E-state index in [0.29, 0.717) is 39.2 Å². The molecule has 1 heterocycles. The highest BCUT2D eigenvalue weighted by atomic mass is 16.5. The number of nitrogens with two attached hydrogens (primary N) is 1. The van der Waals surface area contributed by atoms with Crippen molar-refractivity contribution in [3.63, 3.8) is 0 Å². The van der Waals surface area contributed by atoms with Crippen molar-refractivity contribution in [1.29, 1.82) is 0 Å². The van der Waals surface area contributed by atoms with Gasteiger partial charge in [0.25, 0.3) is 0 Å². The fourth-order valence-corrected chi connectivity index (χ4v) is 3.61. The number of piperidine rings is 1. The van der Waals surface area contributed by atoms with Crippen LogP contribution in [0, 0.1) is 5.92 Å². The molecule has 3 N–H and O–H groups in total. The number of carbonyl (C=O) groups is 2. The fraction of sp³-hybridized carbons (Fsp3) is 0.391. The zero-order valence-electron chi connectivity index (χ0n) is 16.7. The molecule has 2 amide bonds. The second kappa shape index (κ2) is 10.6. The van der Waals surface area contributed by atoms with Crippen molar-refractivity contribution < 1.29 is 14.3 Å². The van der Waals surface area contributed by atoms with E-state index in [1.165, 1.54) is 0 Å². The predicted molar refractivity (Wildman–Crippen MR) is 113 cm³/mol. The van der Waals surface area contributed by atoms with Crippen molar-refractivity contribution in [3.8, 4) is 16.9 Å². The lowest BCUT2D eigenvalue weighted by molar-refractivity contribution is -0.136. The van der Waals surface area contributed by atoms with Crippen LogP contribution in [0.1, 0.15) is 19.3 Å². The Morgan fingerprint density at radius 3 is 2.66 bits per heavy atom. The highest BCUT2D eigenvalue weighted by Crippen LogP contribution is 2.29. The van der Waals surface area contributed by atoms with Crippen molar-refractivity contribution in [2.75, 3.05) is 32.8 Å². The third kappa shape index (κ3) is 5.81. The third-order valence-electron chi connectivity index (χ3n) is 5.13. The van der Waals surface area contributed by atoms with Crippen LogP contribution in [0.5, 0.6) is 5.75 Å². The second-order valence-electron chi connectivity index (χ2n) is 7.22. The molecule has 0 bridgehead atoms. The molecule has 0 aromatic heterocycles. The van der Waals surface area contributed by atoms with E-state index in [1.807, 2.05) is 54.6 Å². The molecule has 3 rings (SSSR count). The van der Waals surface area contributed by atoms with Gasteiger partial charge < -0.3 is 20.7 Å². The molecule has 0 radical (unpaired) electrons. The number of rotatable bonds is 8. The molecule has 1 saturated heterocycles. The Morgan fingerprint density at radius 2 is 1.86 bits per heavy atom. The predicted octanol–water partition coefficient (Wildman–Crippen LogP) is 2.44. The summed E-state index contributed by atoms with van der Waals surface area (Å²) in [6.07, 6.45) is 1.94. The van der Waals surface area contributed by atoms with Gasteiger partial charge >= 0.3 is 0 Å². The minimum absolute atomic E-state index is 0.0130. The van der Waals surface area contributed by atoms with E-state index < -0.39 is 0 Å². The molecule has 154 valence electrons. The molecule has 0 aliphatic carbocycles. The Hall–Kier alpha value is -2.86. The average Bonchev–Trinajstić information content (AvgIpc) is 2.78. The van der Waals surface area contributed by atoms with E-state index in [2.05, 4.69) is 5.32 Å². The molecule has 29 heavy (non-hydrogen) atoms. The molecular formula is C23H29N3O3. The van der Waals surface area contributed by atoms with Gasteiger partial charge in [-0.3, -0.25) is 9.59 Å². The normalized spacial score (nSPS) is 16.3. The number of benzene rings is 2. The molecule has 1 atom stereocenters. The number of hydrogen-bond donors (Lipinski definition) is 2. The van der Waals surface area contributed by atoms with Crippen LogP contribution in [-0.4, -0.2) is 49.5 Å². The molecule has 6 nitrogen and oxygen atoms in total. The summed E-state index contributed by atoms with van der Waals surface area (Å²) < 4.78 is 5.94. The van der Waals surface area contributed by atoms with Crippen LogP contribution in [-0.2, 0) is 9.59 Å². The SMILES string of the molecule is NCCNC(=O)C1CCCN(C(=O)CCOc2ccccc2-c2ccccc2)C1. The van der Waals surface area contributed by atoms with Gasteiger partial charge in [0.05, 0.1) is 18.9 Å². The fourth-order valence-electron chi connectivity index (χ4n) is 3.61. The first kappa shape index (κ1) is 20.9. The number of nitrogens with one attached hydrogen (secondary N) is 1. The standard InChI is InChI=1S/C23H29N3O3/c24-13-14-25-23(28)19-9-6-15-26(17-19)22(27)12-16-29-21-11-5-4-10-20(21)18-7-2-1-3-8-18/h1-5,7-8,10-11,19H,6,9,12-17,24H2,(H,25,28). The van der Waals surface area contributed by atoms with Gasteiger partial charge in [-0.25, -0.2) is 0 Å². The Balaban J connectivity index is 1.52. The minimum atomic E-state index is -0.154. The zero-order valence-corrected chi connectivity index (χ0v) is 16.7. The second-order valence-corrected chi connectivity index (χ2v) is 7.22. The Bertz CT molecular complexity index is 810. The first-order chi connectivity index (χ1) is 14.2. The number of amides is 2. The lowest BCUT2D eigenvalue weighted by atomic mass is 9.97. The summed E-state index contributed by atoms with van der Waals surface area (Å²) in [4.78, 5) is 26.6. The van der Waals surface area contributed by atoms with E-state index in [4.69, 9.17) is 10.5 Å². The topological polar surface area (TPSA) is 84.7 Å². The maximum absolute atomic E-state index is 12.6. The van der Waals surface area contributed by atoms with Gasteiger partial charge in [0, 0.05) is 31.7 Å². The first-order valence-corrected chi connectivity index (χ1v) is 10.2. The summed E-state index contributed by atoms with van der Waals surface area (Å²) >= 11 is 0. The molecule has 1 aliphatic rings. The van der Waals surface area contributed by atoms with Crippen LogP contribution >= 0.6 is 0 Å². The van der Waals surface area contributed by atoms with Crippen molar-refractivity contribution in [2.24, 2.45) is 11.7 Å². The zero-order chi connectivity index (χ0) is 20.5. The Kier molecular flexibility index (Phi) is 7.64. The van der Waals surface area contributed by atoms with Crippen LogP contribution in [0.15, 0.2) is 54.6 Å². The maximum atomic E-state index is 12.6. The summed E-state index contributed by atoms with van der Waals surface area (Å²) in [5, 5.41) is 2.82. The largest absolute Gasteiger partial charge is 0.492 e. The molecule has 1 unspecified atom stereocenters. The van der Waals surface area contributed by atoms with Gasteiger partial charge in [-0.05, 0) is 24.5 Å². The number of hydrogen-bond acceptors (Lipinski definition) is 4. The van der Waals surface area contributed by atoms with E-state index in [1.54, 1.807) is 4.90 Å². The number of para-hydroxylation sites is 1. The smallest absolute Gasteiger partial charge is 0.226 e. The lowest BCUT2D eigenvalue weighted by Crippen LogP contribution is -2.46. The van der Waals surface area contributed by atoms with Crippen LogP contribution in [0.3, 0.4) is 0 Å². The molecule has 0 saturated carbocycles. The summed E-state index contributed by atoms with van der Waals surface area (Å²) in [5.74, 6) is 0.627. The van der Waals surface area contributed by atoms with Gasteiger partial charge in [-0.2, -0.15) is 0 Å². The van der Waals surface area contributed by atoms with Crippen molar-refractivity contribution in [2.45, 2.75) is 19.3 Å². The van der Waals surface area contributed by atoms with E-state index in [9.17, 15) is 9.59 Å². The third-order valence-corrected chi connectivity index (χ3v) is 5.13. The lowest BCUT2D eigenvalue weighted by Gasteiger charge is -2.32. The summed E-state index contributed by atoms with van der Waals surface area (Å²) in [7, 11) is 0. The van der Waals surface area contributed by atoms with E-state index in [-0.39, 0.29) is 17.7 Å². The van der Waals surface area contributed by atoms with E-state index in [0.717, 1.165) is 29.7 Å². The maximum Gasteiger partial charge on any atom is 0.226 e. The highest BCUT2D eigenvalue weighted by Gasteiger charge is 2.28. The number of nitrogens with zero attached hydrogens (tertiary/aromatic N) is 1. The Morgan fingerprint density at radius 1 is 1.10 bits per heavy atom. The van der Waals surface area contributed by atoms with Gasteiger partial charge in [0.2, 0.25) is 11.8 Å². The van der Waals surface area contributed by atoms with Crippen LogP contribution < -0.4 is 15.8 Å². The molecule has 2 aromatic rings. The van der Waals surface area contributed by atoms with Gasteiger partial charge in [0.1, 0.15) is 5.75 Å². The Labute approximate surface area is 172 Å². The molecule has 1 aliphatic heterocycles. The number of ether oxygens (including phenoxy) is 1. The van der Waals surface area contributed by atoms with E-state index >= 15 is 0 Å². The monoisotopic (exact) mass is 395 g/mol. The number of likely N-dealkylation sites (tertiary alicyclic amines) is 1. The van der Waals surface area contributed by atoms with Crippen LogP contribution in [0.4, 0.5) is 0 Å². The molecule has 6 heteroatoms. The minimum Gasteiger partial charge on any atom is -0.492 e. The average molecular weight is 396 g/mol. The quantitative estimate of drug-likeness (QED) is 0.719. The van der Waals surface area contributed by atoms with Crippen LogP contribution in [0.2, 0.25) is 0 Å². The number of carbonyl (C=O) groups excluding carboxylic acids is 2. The molecule has 2 aromatic carbocycles. The molecular weight excluding hydrogens is 366 g/mol. The van der Waals surface area contributed by atoms with Crippen molar-refractivity contribution >= 4 is 11.8 Å². The summed E-state index contributed by atoms with van der Waals surface area (Å²) in [6.45, 7) is 2.36. The van der Waals surface area contributed by atoms with Gasteiger partial charge in [0.15, 0.2) is 0 Å². The molecule has 0 spiro atoms. The van der Waals surface area contributed by atoms with Crippen molar-refractivity contribution in [1.82, 2.24) is 10.2 Å². The van der Waals surface area contributed by atoms with Crippen molar-refractivity contribution in [3.05, 3.63) is 54.6 Å². The summed E-state index contributed by atoms with van der Waals surface area (Å²) in [6, 6.07) is 17.9. The molecule has 1 fully saturated rings. The van der Waals surface area contributed by atoms with Crippen LogP contribution in [0.25, 0.3) is 11.1 Å². The van der Waals surface area contributed by atoms with Gasteiger partial charge in [-0.1, -0.05) is 48.5 Å². The highest BCUT2D eigenvalue weighted by molar-refractivity contribution is 5.81. The summed E-state index contributed by atoms with van der Waals surface area (Å²) in [5.41, 5.74) is 7.53.